The predicted octanol–water partition coefficient (Wildman–Crippen LogP) is 3.01. The van der Waals surface area contributed by atoms with Crippen LogP contribution in [0.4, 0.5) is 5.69 Å². The number of hydrogen-bond acceptors (Lipinski definition) is 4. The summed E-state index contributed by atoms with van der Waals surface area (Å²) in [5.41, 5.74) is 0.466. The van der Waals surface area contributed by atoms with E-state index in [0.717, 1.165) is 8.95 Å². The first kappa shape index (κ1) is 13.8. The molecule has 1 aromatic carbocycles. The molecule has 19 heavy (non-hydrogen) atoms. The van der Waals surface area contributed by atoms with Crippen molar-refractivity contribution in [1.82, 2.24) is 0 Å². The van der Waals surface area contributed by atoms with Crippen molar-refractivity contribution in [3.8, 4) is 5.75 Å². The Labute approximate surface area is 126 Å². The summed E-state index contributed by atoms with van der Waals surface area (Å²) in [7, 11) is 0. The van der Waals surface area contributed by atoms with Gasteiger partial charge in [-0.25, -0.2) is 4.79 Å². The molecule has 0 spiro atoms. The molecule has 2 rings (SSSR count). The molecule has 0 fully saturated rings. The van der Waals surface area contributed by atoms with Crippen LogP contribution >= 0.6 is 33.9 Å². The Balaban J connectivity index is 2.28. The molecule has 0 unspecified atom stereocenters. The first-order valence-corrected chi connectivity index (χ1v) is 7.05. The van der Waals surface area contributed by atoms with Gasteiger partial charge in [0.1, 0.15) is 5.75 Å². The van der Waals surface area contributed by atoms with Gasteiger partial charge in [0.15, 0.2) is 0 Å². The van der Waals surface area contributed by atoms with Crippen LogP contribution in [0.25, 0.3) is 0 Å². The molecule has 0 saturated carbocycles. The van der Waals surface area contributed by atoms with Gasteiger partial charge in [-0.3, -0.25) is 4.79 Å². The fraction of sp³-hybridized carbons (Fsp3) is 0. The number of aromatic hydroxyl groups is 1. The van der Waals surface area contributed by atoms with Gasteiger partial charge in [-0.2, -0.15) is 0 Å². The Hall–Kier alpha value is -1.61. The number of rotatable bonds is 3. The van der Waals surface area contributed by atoms with E-state index in [9.17, 15) is 14.7 Å². The molecule has 0 atom stereocenters. The molecular weight excluding hydrogens is 381 g/mol. The highest BCUT2D eigenvalue weighted by atomic mass is 127. The van der Waals surface area contributed by atoms with Gasteiger partial charge in [0.2, 0.25) is 0 Å². The number of nitrogens with one attached hydrogen (secondary N) is 1. The van der Waals surface area contributed by atoms with Crippen molar-refractivity contribution in [2.45, 2.75) is 0 Å². The Morgan fingerprint density at radius 2 is 2.00 bits per heavy atom. The second kappa shape index (κ2) is 5.57. The topological polar surface area (TPSA) is 86.6 Å². The van der Waals surface area contributed by atoms with E-state index in [1.54, 1.807) is 11.4 Å². The van der Waals surface area contributed by atoms with Gasteiger partial charge in [0.05, 0.1) is 19.7 Å². The lowest BCUT2D eigenvalue weighted by atomic mass is 10.1. The molecule has 0 radical (unpaired) electrons. The van der Waals surface area contributed by atoms with Crippen LogP contribution < -0.4 is 5.32 Å². The van der Waals surface area contributed by atoms with E-state index in [1.165, 1.54) is 23.5 Å². The van der Waals surface area contributed by atoms with Gasteiger partial charge in [-0.1, -0.05) is 0 Å². The molecule has 0 aliphatic heterocycles. The summed E-state index contributed by atoms with van der Waals surface area (Å²) in [5.74, 6) is -1.76. The van der Waals surface area contributed by atoms with E-state index < -0.39 is 5.97 Å². The average Bonchev–Trinajstić information content (AvgIpc) is 2.78. The van der Waals surface area contributed by atoms with Crippen LogP contribution in [0.5, 0.6) is 5.75 Å². The minimum Gasteiger partial charge on any atom is -0.508 e. The highest BCUT2D eigenvalue weighted by molar-refractivity contribution is 14.1. The van der Waals surface area contributed by atoms with Crippen molar-refractivity contribution in [2.75, 3.05) is 5.32 Å². The first-order chi connectivity index (χ1) is 8.97. The van der Waals surface area contributed by atoms with Crippen molar-refractivity contribution in [1.29, 1.82) is 0 Å². The molecule has 7 heteroatoms. The minimum absolute atomic E-state index is 0.150. The van der Waals surface area contributed by atoms with Crippen molar-refractivity contribution in [2.24, 2.45) is 0 Å². The van der Waals surface area contributed by atoms with Crippen LogP contribution in [0.3, 0.4) is 0 Å². The molecule has 0 saturated heterocycles. The number of halogens is 1. The van der Waals surface area contributed by atoms with E-state index in [2.05, 4.69) is 27.9 Å². The SMILES string of the molecule is O=C(Nc1ccc(O)cc1C(=O)O)c1csc(I)c1. The molecule has 1 heterocycles. The van der Waals surface area contributed by atoms with Crippen LogP contribution in [0.2, 0.25) is 0 Å². The zero-order valence-corrected chi connectivity index (χ0v) is 12.4. The number of anilines is 1. The van der Waals surface area contributed by atoms with Crippen LogP contribution in [-0.2, 0) is 0 Å². The Morgan fingerprint density at radius 3 is 2.58 bits per heavy atom. The third-order valence-corrected chi connectivity index (χ3v) is 4.10. The summed E-state index contributed by atoms with van der Waals surface area (Å²) in [5, 5.41) is 22.5. The molecule has 98 valence electrons. The number of phenols is 1. The summed E-state index contributed by atoms with van der Waals surface area (Å²) in [6, 6.07) is 5.48. The molecule has 0 aliphatic rings. The number of thiophene rings is 1. The third-order valence-electron chi connectivity index (χ3n) is 2.31. The number of amides is 1. The van der Waals surface area contributed by atoms with E-state index in [0.29, 0.717) is 5.56 Å². The average molecular weight is 389 g/mol. The Morgan fingerprint density at radius 1 is 1.26 bits per heavy atom. The van der Waals surface area contributed by atoms with E-state index in [1.807, 2.05) is 0 Å². The highest BCUT2D eigenvalue weighted by Gasteiger charge is 2.15. The van der Waals surface area contributed by atoms with Crippen LogP contribution in [0.15, 0.2) is 29.6 Å². The van der Waals surface area contributed by atoms with Gasteiger partial charge >= 0.3 is 5.97 Å². The fourth-order valence-electron chi connectivity index (χ4n) is 1.44. The van der Waals surface area contributed by atoms with Gasteiger partial charge in [-0.05, 0) is 46.9 Å². The van der Waals surface area contributed by atoms with Crippen LogP contribution in [-0.4, -0.2) is 22.1 Å². The van der Waals surface area contributed by atoms with Crippen LogP contribution in [0.1, 0.15) is 20.7 Å². The lowest BCUT2D eigenvalue weighted by Gasteiger charge is -2.07. The molecule has 2 aromatic rings. The number of benzene rings is 1. The second-order valence-corrected chi connectivity index (χ2v) is 6.43. The van der Waals surface area contributed by atoms with Crippen molar-refractivity contribution < 1.29 is 19.8 Å². The quantitative estimate of drug-likeness (QED) is 0.557. The van der Waals surface area contributed by atoms with Gasteiger partial charge in [-0.15, -0.1) is 11.3 Å². The predicted molar refractivity (Wildman–Crippen MR) is 80.1 cm³/mol. The maximum Gasteiger partial charge on any atom is 0.337 e. The van der Waals surface area contributed by atoms with E-state index in [4.69, 9.17) is 5.11 Å². The summed E-state index contributed by atoms with van der Waals surface area (Å²) < 4.78 is 0.965. The minimum atomic E-state index is -1.22. The zero-order valence-electron chi connectivity index (χ0n) is 9.38. The number of phenolic OH excluding ortho intramolecular Hbond substituents is 1. The molecule has 1 aromatic heterocycles. The summed E-state index contributed by atoms with van der Waals surface area (Å²) in [6.07, 6.45) is 0. The summed E-state index contributed by atoms with van der Waals surface area (Å²) in [4.78, 5) is 23.0. The largest absolute Gasteiger partial charge is 0.508 e. The normalized spacial score (nSPS) is 10.2. The molecule has 5 nitrogen and oxygen atoms in total. The Bertz CT molecular complexity index is 653. The monoisotopic (exact) mass is 389 g/mol. The number of carbonyl (C=O) groups excluding carboxylic acids is 1. The molecule has 3 N–H and O–H groups in total. The molecule has 0 bridgehead atoms. The van der Waals surface area contributed by atoms with E-state index in [-0.39, 0.29) is 22.9 Å². The molecule has 0 aliphatic carbocycles. The van der Waals surface area contributed by atoms with Gasteiger partial charge in [0, 0.05) is 5.38 Å². The number of carboxylic acids is 1. The molecule has 1 amide bonds. The fourth-order valence-corrected chi connectivity index (χ4v) is 2.77. The van der Waals surface area contributed by atoms with Crippen molar-refractivity contribution in [3.05, 3.63) is 43.7 Å². The maximum absolute atomic E-state index is 11.9. The highest BCUT2D eigenvalue weighted by Crippen LogP contribution is 2.23. The third kappa shape index (κ3) is 3.24. The van der Waals surface area contributed by atoms with Gasteiger partial charge < -0.3 is 15.5 Å². The zero-order chi connectivity index (χ0) is 14.0. The lowest BCUT2D eigenvalue weighted by Crippen LogP contribution is -2.14. The van der Waals surface area contributed by atoms with Gasteiger partial charge in [0.25, 0.3) is 5.91 Å². The summed E-state index contributed by atoms with van der Waals surface area (Å²) in [6.45, 7) is 0. The lowest BCUT2D eigenvalue weighted by molar-refractivity contribution is 0.0697. The number of carbonyl (C=O) groups is 2. The molecular formula is C12H8INO4S. The Kier molecular flexibility index (Phi) is 4.05. The standard InChI is InChI=1S/C12H8INO4S/c13-10-3-6(5-19-10)11(16)14-9-2-1-7(15)4-8(9)12(17)18/h1-5,15H,(H,14,16)(H,17,18). The number of carboxylic acid groups (broad SMARTS) is 1. The number of aromatic carboxylic acids is 1. The first-order valence-electron chi connectivity index (χ1n) is 5.09. The smallest absolute Gasteiger partial charge is 0.337 e. The maximum atomic E-state index is 11.9. The second-order valence-electron chi connectivity index (χ2n) is 3.63. The van der Waals surface area contributed by atoms with Crippen LogP contribution in [0, 0.1) is 2.88 Å². The van der Waals surface area contributed by atoms with Crippen molar-refractivity contribution >= 4 is 51.5 Å². The summed E-state index contributed by atoms with van der Waals surface area (Å²) >= 11 is 3.52. The number of hydrogen-bond donors (Lipinski definition) is 3. The van der Waals surface area contributed by atoms with E-state index >= 15 is 0 Å². The van der Waals surface area contributed by atoms with Crippen molar-refractivity contribution in [3.63, 3.8) is 0 Å².